The van der Waals surface area contributed by atoms with Crippen molar-refractivity contribution in [3.63, 3.8) is 0 Å². The molecule has 7 nitrogen and oxygen atoms in total. The van der Waals surface area contributed by atoms with Gasteiger partial charge >= 0.3 is 0 Å². The summed E-state index contributed by atoms with van der Waals surface area (Å²) < 4.78 is 7.35. The minimum absolute atomic E-state index is 0.371. The van der Waals surface area contributed by atoms with Crippen LogP contribution in [0.1, 0.15) is 0 Å². The number of pyridine rings is 1. The molecule has 0 atom stereocenters. The van der Waals surface area contributed by atoms with E-state index in [1.165, 1.54) is 0 Å². The van der Waals surface area contributed by atoms with Gasteiger partial charge in [-0.15, -0.1) is 10.2 Å². The highest BCUT2D eigenvalue weighted by Gasteiger charge is 2.12. The standard InChI is InChI=1S/C21H15ClN6O/c1-29-18-9-5-4-8-17(18)28-12-24-16-10-13(11-23-21(16)28)25-20-15-7-3-2-6-14(15)19(22)26-27-20/h2-12H,1H3,(H,25,27). The molecule has 0 saturated heterocycles. The van der Waals surface area contributed by atoms with Crippen LogP contribution in [-0.2, 0) is 0 Å². The molecule has 142 valence electrons. The average Bonchev–Trinajstić information content (AvgIpc) is 3.19. The first-order chi connectivity index (χ1) is 14.2. The van der Waals surface area contributed by atoms with E-state index in [0.29, 0.717) is 11.0 Å². The van der Waals surface area contributed by atoms with Gasteiger partial charge in [-0.1, -0.05) is 48.0 Å². The van der Waals surface area contributed by atoms with E-state index in [4.69, 9.17) is 16.3 Å². The smallest absolute Gasteiger partial charge is 0.164 e. The second-order valence-electron chi connectivity index (χ2n) is 6.36. The van der Waals surface area contributed by atoms with Crippen LogP contribution in [0.5, 0.6) is 5.75 Å². The summed E-state index contributed by atoms with van der Waals surface area (Å²) >= 11 is 6.16. The number of para-hydroxylation sites is 2. The third-order valence-electron chi connectivity index (χ3n) is 4.64. The van der Waals surface area contributed by atoms with Crippen molar-refractivity contribution >= 4 is 45.0 Å². The molecule has 5 rings (SSSR count). The third-order valence-corrected chi connectivity index (χ3v) is 4.92. The van der Waals surface area contributed by atoms with Crippen LogP contribution in [0.25, 0.3) is 27.6 Å². The molecule has 0 spiro atoms. The van der Waals surface area contributed by atoms with Crippen molar-refractivity contribution in [3.05, 3.63) is 72.3 Å². The predicted molar refractivity (Wildman–Crippen MR) is 113 cm³/mol. The lowest BCUT2D eigenvalue weighted by atomic mass is 10.2. The van der Waals surface area contributed by atoms with Crippen molar-refractivity contribution in [1.29, 1.82) is 0 Å². The molecule has 5 aromatic rings. The molecular weight excluding hydrogens is 388 g/mol. The molecule has 0 amide bonds. The number of nitrogens with zero attached hydrogens (tertiary/aromatic N) is 5. The van der Waals surface area contributed by atoms with E-state index in [9.17, 15) is 0 Å². The van der Waals surface area contributed by atoms with Crippen LogP contribution < -0.4 is 10.1 Å². The van der Waals surface area contributed by atoms with Crippen molar-refractivity contribution in [2.24, 2.45) is 0 Å². The number of hydrogen-bond acceptors (Lipinski definition) is 6. The quantitative estimate of drug-likeness (QED) is 0.466. The minimum atomic E-state index is 0.371. The Morgan fingerprint density at radius 2 is 1.76 bits per heavy atom. The SMILES string of the molecule is COc1ccccc1-n1cnc2cc(Nc3nnc(Cl)c4ccccc34)cnc21. The summed E-state index contributed by atoms with van der Waals surface area (Å²) in [5, 5.41) is 13.6. The van der Waals surface area contributed by atoms with Gasteiger partial charge in [0.2, 0.25) is 0 Å². The molecule has 2 aromatic carbocycles. The number of ether oxygens (including phenoxy) is 1. The summed E-state index contributed by atoms with van der Waals surface area (Å²) in [6.45, 7) is 0. The van der Waals surface area contributed by atoms with E-state index in [2.05, 4.69) is 25.5 Å². The fraction of sp³-hybridized carbons (Fsp3) is 0.0476. The van der Waals surface area contributed by atoms with Gasteiger partial charge in [0.1, 0.15) is 17.6 Å². The Labute approximate surface area is 171 Å². The minimum Gasteiger partial charge on any atom is -0.495 e. The van der Waals surface area contributed by atoms with Gasteiger partial charge in [0.05, 0.1) is 24.7 Å². The van der Waals surface area contributed by atoms with Crippen LogP contribution in [0.4, 0.5) is 11.5 Å². The number of fused-ring (bicyclic) bond motifs is 2. The number of methoxy groups -OCH3 is 1. The Morgan fingerprint density at radius 1 is 0.966 bits per heavy atom. The zero-order chi connectivity index (χ0) is 19.8. The highest BCUT2D eigenvalue weighted by Crippen LogP contribution is 2.29. The van der Waals surface area contributed by atoms with E-state index < -0.39 is 0 Å². The zero-order valence-corrected chi connectivity index (χ0v) is 16.1. The zero-order valence-electron chi connectivity index (χ0n) is 15.4. The second kappa shape index (κ2) is 7.03. The number of imidazole rings is 1. The lowest BCUT2D eigenvalue weighted by molar-refractivity contribution is 0.413. The lowest BCUT2D eigenvalue weighted by Crippen LogP contribution is -2.00. The molecule has 3 heterocycles. The monoisotopic (exact) mass is 402 g/mol. The molecule has 3 aromatic heterocycles. The number of nitrogens with one attached hydrogen (secondary N) is 1. The number of halogens is 1. The number of benzene rings is 2. The van der Waals surface area contributed by atoms with E-state index in [1.807, 2.05) is 59.2 Å². The highest BCUT2D eigenvalue weighted by atomic mass is 35.5. The molecule has 8 heteroatoms. The van der Waals surface area contributed by atoms with Crippen molar-refractivity contribution < 1.29 is 4.74 Å². The summed E-state index contributed by atoms with van der Waals surface area (Å²) in [4.78, 5) is 9.09. The number of rotatable bonds is 4. The molecule has 0 saturated carbocycles. The molecule has 0 aliphatic rings. The fourth-order valence-corrected chi connectivity index (χ4v) is 3.48. The lowest BCUT2D eigenvalue weighted by Gasteiger charge is -2.10. The van der Waals surface area contributed by atoms with Crippen LogP contribution in [0.3, 0.4) is 0 Å². The van der Waals surface area contributed by atoms with Gasteiger partial charge in [0.25, 0.3) is 0 Å². The summed E-state index contributed by atoms with van der Waals surface area (Å²) in [6, 6.07) is 17.4. The molecular formula is C21H15ClN6O. The van der Waals surface area contributed by atoms with E-state index >= 15 is 0 Å². The van der Waals surface area contributed by atoms with Gasteiger partial charge in [-0.3, -0.25) is 4.57 Å². The Hall–Kier alpha value is -3.71. The third kappa shape index (κ3) is 3.01. The van der Waals surface area contributed by atoms with Crippen LogP contribution >= 0.6 is 11.6 Å². The van der Waals surface area contributed by atoms with Crippen molar-refractivity contribution in [2.45, 2.75) is 0 Å². The van der Waals surface area contributed by atoms with E-state index in [1.54, 1.807) is 19.6 Å². The molecule has 0 unspecified atom stereocenters. The van der Waals surface area contributed by atoms with Crippen LogP contribution in [0.15, 0.2) is 67.1 Å². The summed E-state index contributed by atoms with van der Waals surface area (Å²) in [5.41, 5.74) is 3.10. The molecule has 0 aliphatic heterocycles. The normalized spacial score (nSPS) is 11.1. The number of anilines is 2. The molecule has 0 fully saturated rings. The molecule has 29 heavy (non-hydrogen) atoms. The van der Waals surface area contributed by atoms with Gasteiger partial charge in [-0.05, 0) is 18.2 Å². The van der Waals surface area contributed by atoms with Crippen LogP contribution in [0, 0.1) is 0 Å². The highest BCUT2D eigenvalue weighted by molar-refractivity contribution is 6.34. The van der Waals surface area contributed by atoms with E-state index in [0.717, 1.165) is 39.1 Å². The molecule has 0 bridgehead atoms. The predicted octanol–water partition coefficient (Wildman–Crippen LogP) is 4.77. The van der Waals surface area contributed by atoms with Crippen molar-refractivity contribution in [2.75, 3.05) is 12.4 Å². The fourth-order valence-electron chi connectivity index (χ4n) is 3.27. The van der Waals surface area contributed by atoms with Crippen molar-refractivity contribution in [1.82, 2.24) is 24.7 Å². The van der Waals surface area contributed by atoms with Gasteiger partial charge in [-0.25, -0.2) is 9.97 Å². The summed E-state index contributed by atoms with van der Waals surface area (Å²) in [6.07, 6.45) is 3.47. The van der Waals surface area contributed by atoms with Crippen molar-refractivity contribution in [3.8, 4) is 11.4 Å². The summed E-state index contributed by atoms with van der Waals surface area (Å²) in [7, 11) is 1.64. The second-order valence-corrected chi connectivity index (χ2v) is 6.72. The molecule has 0 radical (unpaired) electrons. The van der Waals surface area contributed by atoms with Crippen LogP contribution in [0.2, 0.25) is 5.15 Å². The van der Waals surface area contributed by atoms with Gasteiger partial charge < -0.3 is 10.1 Å². The first kappa shape index (κ1) is 17.4. The van der Waals surface area contributed by atoms with E-state index in [-0.39, 0.29) is 0 Å². The number of hydrogen-bond donors (Lipinski definition) is 1. The maximum absolute atomic E-state index is 6.16. The van der Waals surface area contributed by atoms with Gasteiger partial charge in [0.15, 0.2) is 16.6 Å². The van der Waals surface area contributed by atoms with Gasteiger partial charge in [0, 0.05) is 10.8 Å². The largest absolute Gasteiger partial charge is 0.495 e. The van der Waals surface area contributed by atoms with Gasteiger partial charge in [-0.2, -0.15) is 0 Å². The maximum Gasteiger partial charge on any atom is 0.164 e. The Morgan fingerprint density at radius 3 is 2.62 bits per heavy atom. The first-order valence-corrected chi connectivity index (χ1v) is 9.27. The summed E-state index contributed by atoms with van der Waals surface area (Å²) in [5.74, 6) is 1.36. The maximum atomic E-state index is 6.16. The Kier molecular flexibility index (Phi) is 4.22. The number of aromatic nitrogens is 5. The Bertz CT molecular complexity index is 1350. The molecule has 1 N–H and O–H groups in total. The first-order valence-electron chi connectivity index (χ1n) is 8.89. The molecule has 0 aliphatic carbocycles. The average molecular weight is 403 g/mol. The Balaban J connectivity index is 1.55. The van der Waals surface area contributed by atoms with Crippen LogP contribution in [-0.4, -0.2) is 31.8 Å². The topological polar surface area (TPSA) is 77.8 Å².